The van der Waals surface area contributed by atoms with Crippen molar-refractivity contribution in [3.63, 3.8) is 0 Å². The van der Waals surface area contributed by atoms with E-state index in [2.05, 4.69) is 0 Å². The Balaban J connectivity index is 1.85. The number of hydrogen-bond acceptors (Lipinski definition) is 6. The molecule has 0 spiro atoms. The van der Waals surface area contributed by atoms with Crippen LogP contribution in [0.5, 0.6) is 5.75 Å². The van der Waals surface area contributed by atoms with Gasteiger partial charge in [0.15, 0.2) is 0 Å². The monoisotopic (exact) mass is 427 g/mol. The Bertz CT molecular complexity index is 1200. The first kappa shape index (κ1) is 21.9. The van der Waals surface area contributed by atoms with Crippen molar-refractivity contribution in [2.75, 3.05) is 18.0 Å². The summed E-state index contributed by atoms with van der Waals surface area (Å²) in [4.78, 5) is 23.2. The molecule has 158 valence electrons. The van der Waals surface area contributed by atoms with Gasteiger partial charge in [0, 0.05) is 16.8 Å². The van der Waals surface area contributed by atoms with Gasteiger partial charge >= 0.3 is 11.9 Å². The lowest BCUT2D eigenvalue weighted by Gasteiger charge is -2.20. The predicted molar refractivity (Wildman–Crippen MR) is 116 cm³/mol. The Morgan fingerprint density at radius 2 is 1.56 bits per heavy atom. The van der Waals surface area contributed by atoms with E-state index in [0.29, 0.717) is 28.3 Å². The number of aliphatic carboxylic acids is 2. The number of fused-ring (bicyclic) bond motifs is 1. The summed E-state index contributed by atoms with van der Waals surface area (Å²) in [5.74, 6) is -1.30. The standard InChI is InChI=1S/C24H17N3O5/c25-12-17(13-26)21-11-19(32-22-4-2-1-3-20(21)22)10-7-16-5-8-18(9-6-16)27(14-23(28)29)15-24(30)31/h1-11H,14-15H2,(H,28,29)(H,30,31)/b10-7+. The van der Waals surface area contributed by atoms with Crippen LogP contribution >= 0.6 is 0 Å². The van der Waals surface area contributed by atoms with Gasteiger partial charge in [0.2, 0.25) is 0 Å². The van der Waals surface area contributed by atoms with E-state index in [4.69, 9.17) is 14.9 Å². The minimum Gasteiger partial charge on any atom is -0.480 e. The van der Waals surface area contributed by atoms with Crippen molar-refractivity contribution in [3.05, 3.63) is 83.1 Å². The number of carboxylic acids is 2. The third-order valence-corrected chi connectivity index (χ3v) is 4.54. The van der Waals surface area contributed by atoms with Crippen molar-refractivity contribution in [2.45, 2.75) is 0 Å². The Kier molecular flexibility index (Phi) is 6.69. The molecule has 0 radical (unpaired) electrons. The molecule has 2 N–H and O–H groups in total. The molecule has 32 heavy (non-hydrogen) atoms. The summed E-state index contributed by atoms with van der Waals surface area (Å²) in [6.45, 7) is -0.867. The van der Waals surface area contributed by atoms with E-state index >= 15 is 0 Å². The number of carboxylic acid groups (broad SMARTS) is 2. The van der Waals surface area contributed by atoms with Crippen LogP contribution in [0.4, 0.5) is 5.69 Å². The highest BCUT2D eigenvalue weighted by Crippen LogP contribution is 2.35. The Hall–Kier alpha value is -4.82. The number of ether oxygens (including phenoxy) is 1. The van der Waals surface area contributed by atoms with Gasteiger partial charge in [-0.25, -0.2) is 0 Å². The summed E-state index contributed by atoms with van der Waals surface area (Å²) in [5, 5.41) is 36.6. The van der Waals surface area contributed by atoms with Gasteiger partial charge in [0.1, 0.15) is 42.3 Å². The summed E-state index contributed by atoms with van der Waals surface area (Å²) >= 11 is 0. The molecular weight excluding hydrogens is 410 g/mol. The molecule has 1 heterocycles. The maximum absolute atomic E-state index is 11.0. The summed E-state index contributed by atoms with van der Waals surface area (Å²) in [6, 6.07) is 17.6. The molecule has 0 saturated heterocycles. The van der Waals surface area contributed by atoms with E-state index in [9.17, 15) is 20.1 Å². The molecule has 0 aromatic heterocycles. The summed E-state index contributed by atoms with van der Waals surface area (Å²) in [7, 11) is 0. The third kappa shape index (κ3) is 5.21. The van der Waals surface area contributed by atoms with Gasteiger partial charge in [-0.15, -0.1) is 0 Å². The van der Waals surface area contributed by atoms with Gasteiger partial charge in [0.25, 0.3) is 0 Å². The average Bonchev–Trinajstić information content (AvgIpc) is 2.78. The number of hydrogen-bond donors (Lipinski definition) is 2. The number of allylic oxidation sites excluding steroid dienone is 4. The second-order valence-corrected chi connectivity index (χ2v) is 6.73. The summed E-state index contributed by atoms with van der Waals surface area (Å²) in [5.41, 5.74) is 2.34. The number of anilines is 1. The number of benzene rings is 2. The van der Waals surface area contributed by atoms with Crippen LogP contribution in [0, 0.1) is 22.7 Å². The van der Waals surface area contributed by atoms with Crippen LogP contribution < -0.4 is 9.64 Å². The zero-order valence-corrected chi connectivity index (χ0v) is 16.7. The number of para-hydroxylation sites is 1. The predicted octanol–water partition coefficient (Wildman–Crippen LogP) is 3.45. The number of nitrogens with zero attached hydrogens (tertiary/aromatic N) is 3. The maximum Gasteiger partial charge on any atom is 0.323 e. The first-order chi connectivity index (χ1) is 15.4. The molecule has 2 aromatic rings. The Morgan fingerprint density at radius 1 is 0.938 bits per heavy atom. The second-order valence-electron chi connectivity index (χ2n) is 6.73. The van der Waals surface area contributed by atoms with Crippen molar-refractivity contribution in [2.24, 2.45) is 0 Å². The lowest BCUT2D eigenvalue weighted by atomic mass is 9.97. The van der Waals surface area contributed by atoms with E-state index in [0.717, 1.165) is 5.56 Å². The van der Waals surface area contributed by atoms with Crippen LogP contribution in [0.15, 0.2) is 72.0 Å². The smallest absolute Gasteiger partial charge is 0.323 e. The fourth-order valence-electron chi connectivity index (χ4n) is 3.13. The minimum atomic E-state index is -1.13. The quantitative estimate of drug-likeness (QED) is 0.642. The Labute approximate surface area is 183 Å². The topological polar surface area (TPSA) is 135 Å². The van der Waals surface area contributed by atoms with Gasteiger partial charge in [-0.2, -0.15) is 10.5 Å². The van der Waals surface area contributed by atoms with Gasteiger partial charge < -0.3 is 19.8 Å². The largest absolute Gasteiger partial charge is 0.480 e. The van der Waals surface area contributed by atoms with Crippen LogP contribution in [-0.4, -0.2) is 35.2 Å². The molecule has 0 aliphatic carbocycles. The molecule has 1 aliphatic rings. The van der Waals surface area contributed by atoms with Crippen molar-refractivity contribution < 1.29 is 24.5 Å². The molecule has 0 fully saturated rings. The number of nitriles is 2. The first-order valence-corrected chi connectivity index (χ1v) is 9.41. The molecule has 8 heteroatoms. The van der Waals surface area contributed by atoms with E-state index in [-0.39, 0.29) is 5.57 Å². The fraction of sp³-hybridized carbons (Fsp3) is 0.0833. The molecule has 0 atom stereocenters. The number of rotatable bonds is 7. The Morgan fingerprint density at radius 3 is 2.16 bits per heavy atom. The normalized spacial score (nSPS) is 12.1. The molecule has 0 bridgehead atoms. The van der Waals surface area contributed by atoms with Crippen LogP contribution in [0.3, 0.4) is 0 Å². The molecule has 3 rings (SSSR count). The SMILES string of the molecule is N#CC(C#N)=C1C=C(/C=C/c2ccc(N(CC(=O)O)CC(=O)O)cc2)Oc2ccccc21. The molecule has 0 saturated carbocycles. The van der Waals surface area contributed by atoms with Gasteiger partial charge in [-0.1, -0.05) is 36.4 Å². The highest BCUT2D eigenvalue weighted by atomic mass is 16.5. The zero-order valence-electron chi connectivity index (χ0n) is 16.7. The second kappa shape index (κ2) is 9.79. The fourth-order valence-corrected chi connectivity index (χ4v) is 3.13. The summed E-state index contributed by atoms with van der Waals surface area (Å²) < 4.78 is 5.86. The summed E-state index contributed by atoms with van der Waals surface area (Å²) in [6.07, 6.45) is 5.05. The van der Waals surface area contributed by atoms with Gasteiger partial charge in [-0.05, 0) is 35.9 Å². The third-order valence-electron chi connectivity index (χ3n) is 4.54. The van der Waals surface area contributed by atoms with Crippen LogP contribution in [0.1, 0.15) is 11.1 Å². The molecular formula is C24H17N3O5. The van der Waals surface area contributed by atoms with E-state index < -0.39 is 25.0 Å². The van der Waals surface area contributed by atoms with Crippen molar-refractivity contribution in [3.8, 4) is 17.9 Å². The number of carbonyl (C=O) groups is 2. The lowest BCUT2D eigenvalue weighted by molar-refractivity contribution is -0.136. The zero-order chi connectivity index (χ0) is 23.1. The van der Waals surface area contributed by atoms with Crippen LogP contribution in [0.2, 0.25) is 0 Å². The van der Waals surface area contributed by atoms with E-state index in [1.807, 2.05) is 12.1 Å². The molecule has 2 aromatic carbocycles. The molecule has 1 aliphatic heterocycles. The maximum atomic E-state index is 11.0. The molecule has 8 nitrogen and oxygen atoms in total. The van der Waals surface area contributed by atoms with Crippen LogP contribution in [-0.2, 0) is 9.59 Å². The lowest BCUT2D eigenvalue weighted by Crippen LogP contribution is -2.34. The van der Waals surface area contributed by atoms with Crippen LogP contribution in [0.25, 0.3) is 11.6 Å². The van der Waals surface area contributed by atoms with Crippen molar-refractivity contribution in [1.82, 2.24) is 0 Å². The average molecular weight is 427 g/mol. The van der Waals surface area contributed by atoms with Crippen molar-refractivity contribution in [1.29, 1.82) is 10.5 Å². The van der Waals surface area contributed by atoms with Gasteiger partial charge in [-0.3, -0.25) is 9.59 Å². The van der Waals surface area contributed by atoms with Gasteiger partial charge in [0.05, 0.1) is 0 Å². The first-order valence-electron chi connectivity index (χ1n) is 9.41. The minimum absolute atomic E-state index is 0.0204. The van der Waals surface area contributed by atoms with E-state index in [1.54, 1.807) is 66.8 Å². The highest BCUT2D eigenvalue weighted by Gasteiger charge is 2.18. The van der Waals surface area contributed by atoms with Crippen molar-refractivity contribution >= 4 is 29.3 Å². The highest BCUT2D eigenvalue weighted by molar-refractivity contribution is 5.87. The molecule has 0 amide bonds. The molecule has 0 unspecified atom stereocenters. The van der Waals surface area contributed by atoms with E-state index in [1.165, 1.54) is 4.90 Å².